The predicted octanol–water partition coefficient (Wildman–Crippen LogP) is 2.86. The first-order valence-corrected chi connectivity index (χ1v) is 9.53. The van der Waals surface area contributed by atoms with Gasteiger partial charge in [0.15, 0.2) is 6.54 Å². The van der Waals surface area contributed by atoms with E-state index in [0.717, 1.165) is 12.8 Å². The SMILES string of the molecule is O=C(C[NH2+]C1CCCCCCC1)N[C@@H]1CCCc2ccccc21. The predicted molar refractivity (Wildman–Crippen MR) is 93.2 cm³/mol. The van der Waals surface area contributed by atoms with E-state index in [1.165, 1.54) is 62.5 Å². The van der Waals surface area contributed by atoms with E-state index >= 15 is 0 Å². The molecule has 0 heterocycles. The highest BCUT2D eigenvalue weighted by Gasteiger charge is 2.22. The second kappa shape index (κ2) is 8.49. The minimum Gasteiger partial charge on any atom is -0.344 e. The molecule has 0 aromatic heterocycles. The number of hydrogen-bond donors (Lipinski definition) is 2. The first-order chi connectivity index (χ1) is 11.3. The molecule has 1 aromatic carbocycles. The van der Waals surface area contributed by atoms with Gasteiger partial charge in [-0.15, -0.1) is 0 Å². The molecular weight excluding hydrogens is 284 g/mol. The summed E-state index contributed by atoms with van der Waals surface area (Å²) in [6.45, 7) is 0.587. The number of fused-ring (bicyclic) bond motifs is 1. The highest BCUT2D eigenvalue weighted by Crippen LogP contribution is 2.29. The largest absolute Gasteiger partial charge is 0.344 e. The van der Waals surface area contributed by atoms with Crippen molar-refractivity contribution in [1.82, 2.24) is 5.32 Å². The van der Waals surface area contributed by atoms with Crippen LogP contribution in [0.15, 0.2) is 24.3 Å². The number of rotatable bonds is 4. The van der Waals surface area contributed by atoms with E-state index in [4.69, 9.17) is 0 Å². The lowest BCUT2D eigenvalue weighted by atomic mass is 9.88. The van der Waals surface area contributed by atoms with Crippen LogP contribution in [0.5, 0.6) is 0 Å². The molecule has 126 valence electrons. The Bertz CT molecular complexity index is 506. The van der Waals surface area contributed by atoms with E-state index in [1.807, 2.05) is 0 Å². The van der Waals surface area contributed by atoms with Gasteiger partial charge in [0.05, 0.1) is 12.1 Å². The second-order valence-electron chi connectivity index (χ2n) is 7.26. The molecule has 1 saturated carbocycles. The van der Waals surface area contributed by atoms with Gasteiger partial charge in [-0.1, -0.05) is 43.5 Å². The maximum atomic E-state index is 12.4. The summed E-state index contributed by atoms with van der Waals surface area (Å²) in [6.07, 6.45) is 12.8. The first kappa shape index (κ1) is 16.5. The van der Waals surface area contributed by atoms with Gasteiger partial charge in [-0.05, 0) is 56.1 Å². The Hall–Kier alpha value is -1.35. The minimum atomic E-state index is 0.203. The summed E-state index contributed by atoms with van der Waals surface area (Å²) in [5.74, 6) is 0.203. The maximum absolute atomic E-state index is 12.4. The average molecular weight is 315 g/mol. The molecule has 1 amide bonds. The summed E-state index contributed by atoms with van der Waals surface area (Å²) >= 11 is 0. The Morgan fingerprint density at radius 1 is 1.00 bits per heavy atom. The van der Waals surface area contributed by atoms with Gasteiger partial charge in [0, 0.05) is 0 Å². The zero-order valence-electron chi connectivity index (χ0n) is 14.2. The molecule has 1 atom stereocenters. The molecule has 1 aromatic rings. The second-order valence-corrected chi connectivity index (χ2v) is 7.26. The van der Waals surface area contributed by atoms with Crippen LogP contribution < -0.4 is 10.6 Å². The summed E-state index contributed by atoms with van der Waals surface area (Å²) < 4.78 is 0. The minimum absolute atomic E-state index is 0.203. The van der Waals surface area contributed by atoms with Crippen molar-refractivity contribution in [3.63, 3.8) is 0 Å². The summed E-state index contributed by atoms with van der Waals surface area (Å²) in [5.41, 5.74) is 2.74. The van der Waals surface area contributed by atoms with E-state index < -0.39 is 0 Å². The van der Waals surface area contributed by atoms with Gasteiger partial charge in [-0.25, -0.2) is 0 Å². The average Bonchev–Trinajstić information content (AvgIpc) is 2.54. The van der Waals surface area contributed by atoms with Crippen molar-refractivity contribution in [2.75, 3.05) is 6.54 Å². The molecule has 0 radical (unpaired) electrons. The van der Waals surface area contributed by atoms with Gasteiger partial charge in [0.1, 0.15) is 0 Å². The van der Waals surface area contributed by atoms with E-state index in [-0.39, 0.29) is 11.9 Å². The summed E-state index contributed by atoms with van der Waals surface area (Å²) in [4.78, 5) is 12.4. The lowest BCUT2D eigenvalue weighted by molar-refractivity contribution is -0.680. The first-order valence-electron chi connectivity index (χ1n) is 9.53. The lowest BCUT2D eigenvalue weighted by Gasteiger charge is -2.26. The van der Waals surface area contributed by atoms with Crippen LogP contribution in [-0.4, -0.2) is 18.5 Å². The molecule has 0 unspecified atom stereocenters. The number of nitrogens with one attached hydrogen (secondary N) is 1. The topological polar surface area (TPSA) is 45.7 Å². The van der Waals surface area contributed by atoms with E-state index in [0.29, 0.717) is 12.6 Å². The number of carbonyl (C=O) groups is 1. The molecular formula is C20H31N2O+. The van der Waals surface area contributed by atoms with Gasteiger partial charge < -0.3 is 10.6 Å². The highest BCUT2D eigenvalue weighted by molar-refractivity contribution is 5.77. The van der Waals surface area contributed by atoms with Gasteiger partial charge in [0.25, 0.3) is 5.91 Å². The Morgan fingerprint density at radius 3 is 2.57 bits per heavy atom. The number of benzene rings is 1. The van der Waals surface area contributed by atoms with Crippen LogP contribution in [-0.2, 0) is 11.2 Å². The molecule has 3 N–H and O–H groups in total. The van der Waals surface area contributed by atoms with Crippen LogP contribution in [0.1, 0.15) is 75.0 Å². The van der Waals surface area contributed by atoms with E-state index in [9.17, 15) is 4.79 Å². The zero-order valence-corrected chi connectivity index (χ0v) is 14.2. The molecule has 2 aliphatic rings. The van der Waals surface area contributed by atoms with Crippen molar-refractivity contribution in [3.05, 3.63) is 35.4 Å². The van der Waals surface area contributed by atoms with Crippen LogP contribution in [0, 0.1) is 0 Å². The normalized spacial score (nSPS) is 22.7. The van der Waals surface area contributed by atoms with Crippen molar-refractivity contribution in [2.24, 2.45) is 0 Å². The molecule has 1 fully saturated rings. The van der Waals surface area contributed by atoms with Crippen molar-refractivity contribution < 1.29 is 10.1 Å². The molecule has 2 aliphatic carbocycles. The van der Waals surface area contributed by atoms with Crippen LogP contribution in [0.2, 0.25) is 0 Å². The van der Waals surface area contributed by atoms with Crippen LogP contribution >= 0.6 is 0 Å². The molecule has 3 nitrogen and oxygen atoms in total. The van der Waals surface area contributed by atoms with Crippen LogP contribution in [0.4, 0.5) is 0 Å². The van der Waals surface area contributed by atoms with Crippen molar-refractivity contribution in [1.29, 1.82) is 0 Å². The molecule has 0 saturated heterocycles. The number of aryl methyl sites for hydroxylation is 1. The number of carbonyl (C=O) groups excluding carboxylic acids is 1. The molecule has 0 spiro atoms. The fourth-order valence-electron chi connectivity index (χ4n) is 4.15. The number of hydrogen-bond acceptors (Lipinski definition) is 1. The van der Waals surface area contributed by atoms with Crippen molar-refractivity contribution >= 4 is 5.91 Å². The Kier molecular flexibility index (Phi) is 6.09. The quantitative estimate of drug-likeness (QED) is 0.882. The van der Waals surface area contributed by atoms with E-state index in [2.05, 4.69) is 34.9 Å². The zero-order chi connectivity index (χ0) is 15.9. The maximum Gasteiger partial charge on any atom is 0.275 e. The Balaban J connectivity index is 1.48. The van der Waals surface area contributed by atoms with Gasteiger partial charge in [0.2, 0.25) is 0 Å². The fourth-order valence-corrected chi connectivity index (χ4v) is 4.15. The monoisotopic (exact) mass is 315 g/mol. The molecule has 0 bridgehead atoms. The summed E-state index contributed by atoms with van der Waals surface area (Å²) in [5, 5.41) is 5.56. The van der Waals surface area contributed by atoms with Gasteiger partial charge in [-0.2, -0.15) is 0 Å². The smallest absolute Gasteiger partial charge is 0.275 e. The molecule has 0 aliphatic heterocycles. The molecule has 3 rings (SSSR count). The van der Waals surface area contributed by atoms with Gasteiger partial charge >= 0.3 is 0 Å². The fraction of sp³-hybridized carbons (Fsp3) is 0.650. The standard InChI is InChI=1S/C20H30N2O/c23-20(15-21-17-11-4-2-1-3-5-12-17)22-19-14-8-10-16-9-6-7-13-18(16)19/h6-7,9,13,17,19,21H,1-5,8,10-12,14-15H2,(H,22,23)/p+1/t19-/m1/s1. The summed E-state index contributed by atoms with van der Waals surface area (Å²) in [6, 6.07) is 9.44. The third-order valence-electron chi connectivity index (χ3n) is 5.49. The van der Waals surface area contributed by atoms with Crippen LogP contribution in [0.25, 0.3) is 0 Å². The van der Waals surface area contributed by atoms with Gasteiger partial charge in [-0.3, -0.25) is 4.79 Å². The molecule has 3 heteroatoms. The Morgan fingerprint density at radius 2 is 1.74 bits per heavy atom. The highest BCUT2D eigenvalue weighted by atomic mass is 16.2. The third-order valence-corrected chi connectivity index (χ3v) is 5.49. The van der Waals surface area contributed by atoms with E-state index in [1.54, 1.807) is 0 Å². The molecule has 23 heavy (non-hydrogen) atoms. The summed E-state index contributed by atoms with van der Waals surface area (Å²) in [7, 11) is 0. The van der Waals surface area contributed by atoms with Crippen LogP contribution in [0.3, 0.4) is 0 Å². The Labute approximate surface area is 140 Å². The number of quaternary nitrogens is 1. The van der Waals surface area contributed by atoms with Crippen molar-refractivity contribution in [3.8, 4) is 0 Å². The third kappa shape index (κ3) is 4.81. The number of nitrogens with two attached hydrogens (primary N) is 1. The lowest BCUT2D eigenvalue weighted by Crippen LogP contribution is -2.92. The number of amides is 1. The van der Waals surface area contributed by atoms with Crippen molar-refractivity contribution in [2.45, 2.75) is 76.3 Å².